The Morgan fingerprint density at radius 1 is 1.35 bits per heavy atom. The summed E-state index contributed by atoms with van der Waals surface area (Å²) in [5.41, 5.74) is 1.69. The van der Waals surface area contributed by atoms with E-state index in [9.17, 15) is 0 Å². The van der Waals surface area contributed by atoms with Crippen LogP contribution in [0.4, 0.5) is 0 Å². The molecule has 1 aromatic rings. The van der Waals surface area contributed by atoms with Gasteiger partial charge in [0.1, 0.15) is 0 Å². The molecule has 0 radical (unpaired) electrons. The highest BCUT2D eigenvalue weighted by Gasteiger charge is 2.50. The van der Waals surface area contributed by atoms with Crippen molar-refractivity contribution < 1.29 is 9.47 Å². The van der Waals surface area contributed by atoms with Crippen LogP contribution in [0.1, 0.15) is 12.5 Å². The van der Waals surface area contributed by atoms with Crippen molar-refractivity contribution in [3.8, 4) is 0 Å². The van der Waals surface area contributed by atoms with Gasteiger partial charge in [0.25, 0.3) is 0 Å². The smallest absolute Gasteiger partial charge is 0.0561 e. The summed E-state index contributed by atoms with van der Waals surface area (Å²) in [6, 6.07) is 10.8. The number of fused-ring (bicyclic) bond motifs is 1. The van der Waals surface area contributed by atoms with Gasteiger partial charge in [-0.25, -0.2) is 0 Å². The molecule has 0 spiro atoms. The summed E-state index contributed by atoms with van der Waals surface area (Å²) in [5, 5.41) is 0. The molecule has 0 aromatic heterocycles. The number of benzene rings is 1. The predicted molar refractivity (Wildman–Crippen MR) is 79.8 cm³/mol. The second-order valence-corrected chi connectivity index (χ2v) is 6.18. The summed E-state index contributed by atoms with van der Waals surface area (Å²) >= 11 is 0. The van der Waals surface area contributed by atoms with Gasteiger partial charge in [-0.05, 0) is 18.9 Å². The SMILES string of the molecule is CCOC[C@]12COC[C@H]1CN(CCc1ccccc1)C2. The Bertz CT molecular complexity index is 422. The van der Waals surface area contributed by atoms with Crippen LogP contribution in [0, 0.1) is 11.3 Å². The molecule has 0 aliphatic carbocycles. The van der Waals surface area contributed by atoms with Crippen LogP contribution < -0.4 is 0 Å². The Morgan fingerprint density at radius 2 is 2.20 bits per heavy atom. The van der Waals surface area contributed by atoms with Crippen LogP contribution in [0.25, 0.3) is 0 Å². The average molecular weight is 275 g/mol. The highest BCUT2D eigenvalue weighted by atomic mass is 16.5. The van der Waals surface area contributed by atoms with Crippen LogP contribution in [0.15, 0.2) is 30.3 Å². The second-order valence-electron chi connectivity index (χ2n) is 6.18. The third kappa shape index (κ3) is 2.90. The van der Waals surface area contributed by atoms with E-state index in [4.69, 9.17) is 9.47 Å². The Labute approximate surface area is 121 Å². The summed E-state index contributed by atoms with van der Waals surface area (Å²) in [6.45, 7) is 8.96. The predicted octanol–water partition coefficient (Wildman–Crippen LogP) is 2.21. The summed E-state index contributed by atoms with van der Waals surface area (Å²) < 4.78 is 11.4. The minimum absolute atomic E-state index is 0.257. The molecule has 110 valence electrons. The van der Waals surface area contributed by atoms with Gasteiger partial charge in [-0.2, -0.15) is 0 Å². The van der Waals surface area contributed by atoms with Crippen molar-refractivity contribution in [3.63, 3.8) is 0 Å². The van der Waals surface area contributed by atoms with Crippen LogP contribution in [-0.4, -0.2) is 51.0 Å². The highest BCUT2D eigenvalue weighted by molar-refractivity contribution is 5.15. The zero-order valence-electron chi connectivity index (χ0n) is 12.4. The molecule has 0 bridgehead atoms. The molecule has 0 unspecified atom stereocenters. The highest BCUT2D eigenvalue weighted by Crippen LogP contribution is 2.41. The van der Waals surface area contributed by atoms with Gasteiger partial charge >= 0.3 is 0 Å². The fraction of sp³-hybridized carbons (Fsp3) is 0.647. The number of likely N-dealkylation sites (tertiary alicyclic amines) is 1. The van der Waals surface area contributed by atoms with Gasteiger partial charge < -0.3 is 14.4 Å². The van der Waals surface area contributed by atoms with Crippen molar-refractivity contribution in [2.24, 2.45) is 11.3 Å². The Hall–Kier alpha value is -0.900. The van der Waals surface area contributed by atoms with E-state index in [-0.39, 0.29) is 5.41 Å². The third-order valence-corrected chi connectivity index (χ3v) is 4.74. The van der Waals surface area contributed by atoms with Crippen LogP contribution >= 0.6 is 0 Å². The number of hydrogen-bond acceptors (Lipinski definition) is 3. The molecule has 0 N–H and O–H groups in total. The minimum atomic E-state index is 0.257. The zero-order chi connectivity index (χ0) is 13.8. The van der Waals surface area contributed by atoms with Crippen molar-refractivity contribution in [2.75, 3.05) is 46.1 Å². The van der Waals surface area contributed by atoms with E-state index in [1.54, 1.807) is 0 Å². The van der Waals surface area contributed by atoms with Gasteiger partial charge in [-0.15, -0.1) is 0 Å². The molecule has 1 aromatic carbocycles. The lowest BCUT2D eigenvalue weighted by atomic mass is 9.82. The summed E-state index contributed by atoms with van der Waals surface area (Å²) in [6.07, 6.45) is 1.14. The molecule has 2 saturated heterocycles. The Kier molecular flexibility index (Phi) is 4.39. The maximum atomic E-state index is 5.73. The maximum absolute atomic E-state index is 5.73. The molecule has 3 rings (SSSR count). The van der Waals surface area contributed by atoms with Crippen LogP contribution in [0.3, 0.4) is 0 Å². The monoisotopic (exact) mass is 275 g/mol. The van der Waals surface area contributed by atoms with Crippen molar-refractivity contribution in [3.05, 3.63) is 35.9 Å². The molecule has 2 aliphatic heterocycles. The van der Waals surface area contributed by atoms with Crippen molar-refractivity contribution >= 4 is 0 Å². The summed E-state index contributed by atoms with van der Waals surface area (Å²) in [4.78, 5) is 2.60. The molecule has 2 fully saturated rings. The first-order valence-electron chi connectivity index (χ1n) is 7.74. The van der Waals surface area contributed by atoms with Gasteiger partial charge in [-0.1, -0.05) is 30.3 Å². The molecule has 2 aliphatic rings. The lowest BCUT2D eigenvalue weighted by Gasteiger charge is -2.26. The maximum Gasteiger partial charge on any atom is 0.0561 e. The standard InChI is InChI=1S/C17H25NO2/c1-2-19-13-17-12-18(10-16(17)11-20-14-17)9-8-15-6-4-3-5-7-15/h3-7,16H,2,8-14H2,1H3/t16-,17-/m1/s1. The quantitative estimate of drug-likeness (QED) is 0.794. The normalized spacial score (nSPS) is 29.8. The average Bonchev–Trinajstić information content (AvgIpc) is 3.01. The van der Waals surface area contributed by atoms with Crippen LogP contribution in [-0.2, 0) is 15.9 Å². The van der Waals surface area contributed by atoms with Gasteiger partial charge in [0.15, 0.2) is 0 Å². The molecule has 0 saturated carbocycles. The first kappa shape index (κ1) is 14.1. The molecular formula is C17H25NO2. The molecular weight excluding hydrogens is 250 g/mol. The number of hydrogen-bond donors (Lipinski definition) is 0. The van der Waals surface area contributed by atoms with Crippen LogP contribution in [0.5, 0.6) is 0 Å². The Balaban J connectivity index is 1.55. The molecule has 0 amide bonds. The second kappa shape index (κ2) is 6.25. The number of rotatable bonds is 6. The van der Waals surface area contributed by atoms with Crippen molar-refractivity contribution in [1.29, 1.82) is 0 Å². The largest absolute Gasteiger partial charge is 0.381 e. The first-order valence-corrected chi connectivity index (χ1v) is 7.74. The van der Waals surface area contributed by atoms with Crippen molar-refractivity contribution in [2.45, 2.75) is 13.3 Å². The molecule has 20 heavy (non-hydrogen) atoms. The summed E-state index contributed by atoms with van der Waals surface area (Å²) in [7, 11) is 0. The summed E-state index contributed by atoms with van der Waals surface area (Å²) in [5.74, 6) is 0.657. The van der Waals surface area contributed by atoms with E-state index >= 15 is 0 Å². The molecule has 2 atom stereocenters. The fourth-order valence-corrected chi connectivity index (χ4v) is 3.55. The lowest BCUT2D eigenvalue weighted by molar-refractivity contribution is 0.0329. The van der Waals surface area contributed by atoms with Gasteiger partial charge in [-0.3, -0.25) is 0 Å². The van der Waals surface area contributed by atoms with E-state index < -0.39 is 0 Å². The van der Waals surface area contributed by atoms with E-state index in [0.717, 1.165) is 45.9 Å². The van der Waals surface area contributed by atoms with E-state index in [0.29, 0.717) is 5.92 Å². The van der Waals surface area contributed by atoms with Gasteiger partial charge in [0.2, 0.25) is 0 Å². The van der Waals surface area contributed by atoms with E-state index in [1.165, 1.54) is 12.1 Å². The molecule has 3 heteroatoms. The lowest BCUT2D eigenvalue weighted by Crippen LogP contribution is -2.36. The number of nitrogens with zero attached hydrogens (tertiary/aromatic N) is 1. The third-order valence-electron chi connectivity index (χ3n) is 4.74. The van der Waals surface area contributed by atoms with Crippen LogP contribution in [0.2, 0.25) is 0 Å². The first-order chi connectivity index (χ1) is 9.82. The minimum Gasteiger partial charge on any atom is -0.381 e. The van der Waals surface area contributed by atoms with Gasteiger partial charge in [0, 0.05) is 37.6 Å². The van der Waals surface area contributed by atoms with E-state index in [2.05, 4.69) is 42.2 Å². The Morgan fingerprint density at radius 3 is 3.00 bits per heavy atom. The van der Waals surface area contributed by atoms with Crippen molar-refractivity contribution in [1.82, 2.24) is 4.90 Å². The number of ether oxygens (including phenoxy) is 2. The molecule has 3 nitrogen and oxygen atoms in total. The zero-order valence-corrected chi connectivity index (χ0v) is 12.4. The fourth-order valence-electron chi connectivity index (χ4n) is 3.55. The van der Waals surface area contributed by atoms with Gasteiger partial charge in [0.05, 0.1) is 19.8 Å². The van der Waals surface area contributed by atoms with E-state index in [1.807, 2.05) is 0 Å². The topological polar surface area (TPSA) is 21.7 Å². The molecule has 2 heterocycles.